The molecule has 0 bridgehead atoms. The maximum atomic E-state index is 12.8. The number of fused-ring (bicyclic) bond motifs is 1. The third-order valence-corrected chi connectivity index (χ3v) is 6.87. The van der Waals surface area contributed by atoms with Gasteiger partial charge in [-0.1, -0.05) is 60.1 Å². The van der Waals surface area contributed by atoms with E-state index in [0.29, 0.717) is 35.4 Å². The SMILES string of the molecule is CON=C(c1cccc(Cl)c1)c1ccc2c(c1)sc(=O)n2CCOc1ccc(OCCOC(=O)C(C)C)cc1. The van der Waals surface area contributed by atoms with Gasteiger partial charge in [-0.05, 0) is 48.5 Å². The van der Waals surface area contributed by atoms with Crippen LogP contribution in [0.1, 0.15) is 25.0 Å². The zero-order chi connectivity index (χ0) is 27.8. The molecule has 4 rings (SSSR count). The van der Waals surface area contributed by atoms with Gasteiger partial charge in [0.25, 0.3) is 0 Å². The molecule has 0 unspecified atom stereocenters. The fourth-order valence-corrected chi connectivity index (χ4v) is 4.93. The van der Waals surface area contributed by atoms with Gasteiger partial charge < -0.3 is 19.0 Å². The Balaban J connectivity index is 1.36. The highest BCUT2D eigenvalue weighted by Crippen LogP contribution is 2.23. The molecule has 0 atom stereocenters. The van der Waals surface area contributed by atoms with Crippen LogP contribution >= 0.6 is 22.9 Å². The van der Waals surface area contributed by atoms with Crippen LogP contribution in [0.4, 0.5) is 0 Å². The summed E-state index contributed by atoms with van der Waals surface area (Å²) in [5, 5.41) is 4.79. The summed E-state index contributed by atoms with van der Waals surface area (Å²) in [4.78, 5) is 29.2. The quantitative estimate of drug-likeness (QED) is 0.0932. The van der Waals surface area contributed by atoms with Crippen LogP contribution in [0.5, 0.6) is 11.5 Å². The summed E-state index contributed by atoms with van der Waals surface area (Å²) in [6.45, 7) is 4.75. The zero-order valence-corrected chi connectivity index (χ0v) is 23.5. The molecule has 0 spiro atoms. The number of aromatic nitrogens is 1. The summed E-state index contributed by atoms with van der Waals surface area (Å²) in [7, 11) is 1.49. The lowest BCUT2D eigenvalue weighted by atomic mass is 10.0. The average molecular weight is 569 g/mol. The van der Waals surface area contributed by atoms with Gasteiger partial charge in [0.15, 0.2) is 0 Å². The van der Waals surface area contributed by atoms with Gasteiger partial charge in [0.1, 0.15) is 44.1 Å². The maximum Gasteiger partial charge on any atom is 0.308 e. The van der Waals surface area contributed by atoms with Gasteiger partial charge in [-0.2, -0.15) is 0 Å². The number of hydrogen-bond donors (Lipinski definition) is 0. The van der Waals surface area contributed by atoms with Crippen LogP contribution in [-0.2, 0) is 20.9 Å². The Kier molecular flexibility index (Phi) is 9.62. The van der Waals surface area contributed by atoms with Gasteiger partial charge in [0.05, 0.1) is 22.7 Å². The van der Waals surface area contributed by atoms with Crippen molar-refractivity contribution >= 4 is 44.8 Å². The predicted molar refractivity (Wildman–Crippen MR) is 153 cm³/mol. The first-order chi connectivity index (χ1) is 18.9. The van der Waals surface area contributed by atoms with Crippen molar-refractivity contribution in [2.45, 2.75) is 20.4 Å². The van der Waals surface area contributed by atoms with Gasteiger partial charge in [0.2, 0.25) is 0 Å². The molecule has 8 nitrogen and oxygen atoms in total. The molecule has 1 aromatic heterocycles. The number of esters is 1. The van der Waals surface area contributed by atoms with Gasteiger partial charge in [-0.3, -0.25) is 14.2 Å². The van der Waals surface area contributed by atoms with Gasteiger partial charge >= 0.3 is 10.8 Å². The normalized spacial score (nSPS) is 11.6. The number of thiazole rings is 1. The van der Waals surface area contributed by atoms with E-state index in [1.807, 2.05) is 36.4 Å². The second-order valence-corrected chi connectivity index (χ2v) is 10.3. The Bertz CT molecular complexity index is 1510. The summed E-state index contributed by atoms with van der Waals surface area (Å²) in [5.74, 6) is 0.894. The van der Waals surface area contributed by atoms with Crippen molar-refractivity contribution in [1.82, 2.24) is 4.57 Å². The predicted octanol–water partition coefficient (Wildman–Crippen LogP) is 5.77. The van der Waals surface area contributed by atoms with Crippen LogP contribution in [0.15, 0.2) is 76.7 Å². The van der Waals surface area contributed by atoms with Crippen molar-refractivity contribution < 1.29 is 23.8 Å². The molecule has 0 fully saturated rings. The molecule has 1 heterocycles. The molecule has 204 valence electrons. The molecule has 0 amide bonds. The molecule has 0 saturated heterocycles. The molecule has 0 saturated carbocycles. The van der Waals surface area contributed by atoms with Crippen LogP contribution in [-0.4, -0.2) is 43.2 Å². The largest absolute Gasteiger partial charge is 0.492 e. The number of hydrogen-bond acceptors (Lipinski definition) is 8. The van der Waals surface area contributed by atoms with E-state index in [1.54, 1.807) is 48.7 Å². The Morgan fingerprint density at radius 3 is 2.31 bits per heavy atom. The van der Waals surface area contributed by atoms with E-state index in [0.717, 1.165) is 21.3 Å². The minimum absolute atomic E-state index is 0.0688. The lowest BCUT2D eigenvalue weighted by Gasteiger charge is -2.11. The van der Waals surface area contributed by atoms with E-state index in [4.69, 9.17) is 30.6 Å². The number of ether oxygens (including phenoxy) is 3. The summed E-state index contributed by atoms with van der Waals surface area (Å²) >= 11 is 7.34. The van der Waals surface area contributed by atoms with E-state index < -0.39 is 0 Å². The van der Waals surface area contributed by atoms with E-state index in [9.17, 15) is 9.59 Å². The van der Waals surface area contributed by atoms with Gasteiger partial charge in [-0.25, -0.2) is 0 Å². The Morgan fingerprint density at radius 1 is 0.949 bits per heavy atom. The fraction of sp³-hybridized carbons (Fsp3) is 0.276. The summed E-state index contributed by atoms with van der Waals surface area (Å²) in [5.41, 5.74) is 3.08. The zero-order valence-electron chi connectivity index (χ0n) is 21.9. The Labute approximate surface area is 235 Å². The number of rotatable bonds is 12. The third kappa shape index (κ3) is 7.40. The highest BCUT2D eigenvalue weighted by molar-refractivity contribution is 7.16. The standard InChI is InChI=1S/C29H29ClN2O6S/c1-19(2)28(33)38-16-15-37-24-10-8-23(9-11-24)36-14-13-32-25-12-7-21(18-26(25)39-29(32)34)27(31-35-3)20-5-4-6-22(30)17-20/h4-12,17-19H,13-16H2,1-3H3. The summed E-state index contributed by atoms with van der Waals surface area (Å²) in [6.07, 6.45) is 0. The highest BCUT2D eigenvalue weighted by Gasteiger charge is 2.14. The van der Waals surface area contributed by atoms with Crippen LogP contribution in [0.2, 0.25) is 5.02 Å². The van der Waals surface area contributed by atoms with Crippen LogP contribution in [0, 0.1) is 5.92 Å². The summed E-state index contributed by atoms with van der Waals surface area (Å²) in [6, 6.07) is 20.3. The first-order valence-corrected chi connectivity index (χ1v) is 13.6. The van der Waals surface area contributed by atoms with Crippen LogP contribution < -0.4 is 14.3 Å². The number of oxime groups is 1. The molecule has 10 heteroatoms. The van der Waals surface area contributed by atoms with Crippen molar-refractivity contribution in [2.24, 2.45) is 11.1 Å². The average Bonchev–Trinajstić information content (AvgIpc) is 3.24. The van der Waals surface area contributed by atoms with Crippen molar-refractivity contribution in [1.29, 1.82) is 0 Å². The number of benzene rings is 3. The molecule has 0 aliphatic rings. The fourth-order valence-electron chi connectivity index (χ4n) is 3.78. The van der Waals surface area contributed by atoms with E-state index in [-0.39, 0.29) is 30.0 Å². The number of halogens is 1. The van der Waals surface area contributed by atoms with Crippen LogP contribution in [0.25, 0.3) is 10.2 Å². The molecule has 39 heavy (non-hydrogen) atoms. The molecule has 4 aromatic rings. The maximum absolute atomic E-state index is 12.8. The monoisotopic (exact) mass is 568 g/mol. The second-order valence-electron chi connectivity index (χ2n) is 8.83. The molecule has 0 aliphatic heterocycles. The molecule has 0 aliphatic carbocycles. The highest BCUT2D eigenvalue weighted by atomic mass is 35.5. The lowest BCUT2D eigenvalue weighted by molar-refractivity contribution is -0.148. The molecule has 0 radical (unpaired) electrons. The Hall–Kier alpha value is -3.82. The minimum atomic E-state index is -0.248. The van der Waals surface area contributed by atoms with E-state index >= 15 is 0 Å². The number of nitrogens with zero attached hydrogens (tertiary/aromatic N) is 2. The lowest BCUT2D eigenvalue weighted by Crippen LogP contribution is -2.17. The first-order valence-electron chi connectivity index (χ1n) is 12.4. The number of carbonyl (C=O) groups excluding carboxylic acids is 1. The molecular weight excluding hydrogens is 540 g/mol. The smallest absolute Gasteiger partial charge is 0.308 e. The minimum Gasteiger partial charge on any atom is -0.492 e. The van der Waals surface area contributed by atoms with Gasteiger partial charge in [0, 0.05) is 16.1 Å². The third-order valence-electron chi connectivity index (χ3n) is 5.70. The van der Waals surface area contributed by atoms with Crippen molar-refractivity contribution in [2.75, 3.05) is 26.9 Å². The second kappa shape index (κ2) is 13.3. The molecule has 0 N–H and O–H groups in total. The van der Waals surface area contributed by atoms with Crippen molar-refractivity contribution in [3.8, 4) is 11.5 Å². The van der Waals surface area contributed by atoms with Crippen molar-refractivity contribution in [3.05, 3.63) is 92.5 Å². The first kappa shape index (κ1) is 28.2. The number of carbonyl (C=O) groups is 1. The Morgan fingerprint density at radius 2 is 1.64 bits per heavy atom. The topological polar surface area (TPSA) is 88.3 Å². The van der Waals surface area contributed by atoms with Gasteiger partial charge in [-0.15, -0.1) is 0 Å². The van der Waals surface area contributed by atoms with Crippen LogP contribution in [0.3, 0.4) is 0 Å². The van der Waals surface area contributed by atoms with Crippen molar-refractivity contribution in [3.63, 3.8) is 0 Å². The molecular formula is C29H29ClN2O6S. The summed E-state index contributed by atoms with van der Waals surface area (Å²) < 4.78 is 19.1. The van der Waals surface area contributed by atoms with E-state index in [1.165, 1.54) is 18.4 Å². The van der Waals surface area contributed by atoms with E-state index in [2.05, 4.69) is 5.16 Å². The molecule has 3 aromatic carbocycles.